The van der Waals surface area contributed by atoms with E-state index in [-0.39, 0.29) is 0 Å². The second-order valence-electron chi connectivity index (χ2n) is 4.54. The fourth-order valence-electron chi connectivity index (χ4n) is 1.55. The van der Waals surface area contributed by atoms with Crippen LogP contribution in [0.3, 0.4) is 0 Å². The minimum Gasteiger partial charge on any atom is -0.463 e. The third-order valence-corrected chi connectivity index (χ3v) is 3.57. The number of hydrogen-bond donors (Lipinski definition) is 1. The molecule has 0 fully saturated rings. The van der Waals surface area contributed by atoms with Crippen LogP contribution in [0.25, 0.3) is 0 Å². The number of thioether (sulfide) groups is 1. The first-order chi connectivity index (χ1) is 9.62. The zero-order valence-corrected chi connectivity index (χ0v) is 13.8. The van der Waals surface area contributed by atoms with E-state index in [9.17, 15) is 0 Å². The van der Waals surface area contributed by atoms with E-state index in [0.717, 1.165) is 18.7 Å². The summed E-state index contributed by atoms with van der Waals surface area (Å²) in [5, 5.41) is 3.12. The molecule has 6 nitrogen and oxygen atoms in total. The molecule has 114 valence electrons. The van der Waals surface area contributed by atoms with Crippen LogP contribution in [0.15, 0.2) is 0 Å². The van der Waals surface area contributed by atoms with Gasteiger partial charge in [0.15, 0.2) is 0 Å². The van der Waals surface area contributed by atoms with Crippen LogP contribution in [-0.4, -0.2) is 53.2 Å². The first kappa shape index (κ1) is 16.8. The monoisotopic (exact) mass is 299 g/mol. The quantitative estimate of drug-likeness (QED) is 0.750. The van der Waals surface area contributed by atoms with Gasteiger partial charge in [0.05, 0.1) is 6.61 Å². The molecule has 0 saturated heterocycles. The summed E-state index contributed by atoms with van der Waals surface area (Å²) in [6.45, 7) is 7.59. The molecule has 1 unspecified atom stereocenters. The van der Waals surface area contributed by atoms with Crippen LogP contribution >= 0.6 is 11.8 Å². The summed E-state index contributed by atoms with van der Waals surface area (Å²) in [5.74, 6) is 2.22. The maximum absolute atomic E-state index is 5.54. The van der Waals surface area contributed by atoms with Crippen molar-refractivity contribution in [3.05, 3.63) is 0 Å². The van der Waals surface area contributed by atoms with Crippen molar-refractivity contribution in [3.8, 4) is 6.01 Å². The standard InChI is InChI=1S/C13H25N5OS/c1-6-8-19-13-16-11(14-7-2)15-12(17-13)18(4)10(3)9-20-5/h10H,6-9H2,1-5H3,(H,14,15,16,17). The Bertz CT molecular complexity index is 404. The molecule has 0 amide bonds. The second-order valence-corrected chi connectivity index (χ2v) is 5.45. The van der Waals surface area contributed by atoms with Crippen LogP contribution in [0.5, 0.6) is 6.01 Å². The molecule has 0 radical (unpaired) electrons. The highest BCUT2D eigenvalue weighted by Crippen LogP contribution is 2.17. The first-order valence-corrected chi connectivity index (χ1v) is 8.36. The van der Waals surface area contributed by atoms with E-state index >= 15 is 0 Å². The Morgan fingerprint density at radius 3 is 2.65 bits per heavy atom. The van der Waals surface area contributed by atoms with Crippen molar-refractivity contribution in [1.29, 1.82) is 0 Å². The maximum Gasteiger partial charge on any atom is 0.323 e. The molecule has 1 N–H and O–H groups in total. The summed E-state index contributed by atoms with van der Waals surface area (Å²) >= 11 is 1.81. The second kappa shape index (κ2) is 8.84. The van der Waals surface area contributed by atoms with Crippen LogP contribution in [0.2, 0.25) is 0 Å². The smallest absolute Gasteiger partial charge is 0.323 e. The average molecular weight is 299 g/mol. The molecule has 0 aliphatic heterocycles. The topological polar surface area (TPSA) is 63.2 Å². The van der Waals surface area contributed by atoms with E-state index < -0.39 is 0 Å². The van der Waals surface area contributed by atoms with Crippen LogP contribution in [-0.2, 0) is 0 Å². The highest BCUT2D eigenvalue weighted by atomic mass is 32.2. The van der Waals surface area contributed by atoms with Gasteiger partial charge in [-0.25, -0.2) is 0 Å². The minimum absolute atomic E-state index is 0.348. The van der Waals surface area contributed by atoms with Gasteiger partial charge in [0.2, 0.25) is 11.9 Å². The molecule has 20 heavy (non-hydrogen) atoms. The number of aromatic nitrogens is 3. The van der Waals surface area contributed by atoms with Crippen molar-refractivity contribution in [2.45, 2.75) is 33.2 Å². The molecule has 1 heterocycles. The van der Waals surface area contributed by atoms with E-state index in [4.69, 9.17) is 4.74 Å². The Morgan fingerprint density at radius 1 is 1.30 bits per heavy atom. The lowest BCUT2D eigenvalue weighted by Crippen LogP contribution is -2.32. The SMILES string of the molecule is CCCOc1nc(NCC)nc(N(C)C(C)CSC)n1. The minimum atomic E-state index is 0.348. The predicted molar refractivity (Wildman–Crippen MR) is 86.0 cm³/mol. The van der Waals surface area contributed by atoms with Gasteiger partial charge in [-0.15, -0.1) is 0 Å². The van der Waals surface area contributed by atoms with Crippen LogP contribution in [0.1, 0.15) is 27.2 Å². The molecule has 1 atom stereocenters. The number of rotatable bonds is 9. The number of nitrogens with one attached hydrogen (secondary N) is 1. The molecule has 0 aromatic carbocycles. The average Bonchev–Trinajstić information content (AvgIpc) is 2.44. The molecule has 1 aromatic heterocycles. The lowest BCUT2D eigenvalue weighted by atomic mass is 10.3. The number of ether oxygens (including phenoxy) is 1. The van der Waals surface area contributed by atoms with E-state index in [1.807, 2.05) is 14.0 Å². The summed E-state index contributed by atoms with van der Waals surface area (Å²) in [4.78, 5) is 15.1. The van der Waals surface area contributed by atoms with Crippen molar-refractivity contribution in [1.82, 2.24) is 15.0 Å². The van der Waals surface area contributed by atoms with Crippen molar-refractivity contribution in [2.24, 2.45) is 0 Å². The summed E-state index contributed by atoms with van der Waals surface area (Å²) in [6.07, 6.45) is 3.02. The van der Waals surface area contributed by atoms with Gasteiger partial charge < -0.3 is 15.0 Å². The molecular weight excluding hydrogens is 274 g/mol. The molecular formula is C13H25N5OS. The van der Waals surface area contributed by atoms with Crippen molar-refractivity contribution in [3.63, 3.8) is 0 Å². The van der Waals surface area contributed by atoms with Gasteiger partial charge in [0.1, 0.15) is 0 Å². The van der Waals surface area contributed by atoms with Crippen molar-refractivity contribution in [2.75, 3.05) is 42.4 Å². The Kier molecular flexibility index (Phi) is 7.43. The molecule has 0 aliphatic rings. The third-order valence-electron chi connectivity index (χ3n) is 2.76. The first-order valence-electron chi connectivity index (χ1n) is 6.96. The Morgan fingerprint density at radius 2 is 2.05 bits per heavy atom. The molecule has 0 bridgehead atoms. The summed E-state index contributed by atoms with van der Waals surface area (Å²) in [5.41, 5.74) is 0. The molecule has 1 aromatic rings. The van der Waals surface area contributed by atoms with E-state index in [1.54, 1.807) is 11.8 Å². The highest BCUT2D eigenvalue weighted by molar-refractivity contribution is 7.98. The van der Waals surface area contributed by atoms with Gasteiger partial charge >= 0.3 is 6.01 Å². The zero-order chi connectivity index (χ0) is 15.0. The highest BCUT2D eigenvalue weighted by Gasteiger charge is 2.15. The molecule has 1 rings (SSSR count). The van der Waals surface area contributed by atoms with Crippen LogP contribution in [0, 0.1) is 0 Å². The van der Waals surface area contributed by atoms with Gasteiger partial charge in [-0.05, 0) is 26.5 Å². The van der Waals surface area contributed by atoms with Crippen molar-refractivity contribution >= 4 is 23.7 Å². The number of nitrogens with zero attached hydrogens (tertiary/aromatic N) is 4. The third kappa shape index (κ3) is 5.03. The molecule has 0 saturated carbocycles. The normalized spacial score (nSPS) is 12.1. The van der Waals surface area contributed by atoms with E-state index in [2.05, 4.69) is 45.3 Å². The van der Waals surface area contributed by atoms with Gasteiger partial charge in [0.25, 0.3) is 0 Å². The largest absolute Gasteiger partial charge is 0.463 e. The summed E-state index contributed by atoms with van der Waals surface area (Å²) < 4.78 is 5.54. The Hall–Kier alpha value is -1.24. The predicted octanol–water partition coefficient (Wildman–Crippen LogP) is 2.28. The molecule has 7 heteroatoms. The fourth-order valence-corrected chi connectivity index (χ4v) is 2.25. The van der Waals surface area contributed by atoms with Gasteiger partial charge in [-0.1, -0.05) is 6.92 Å². The Balaban J connectivity index is 2.94. The summed E-state index contributed by atoms with van der Waals surface area (Å²) in [7, 11) is 2.00. The Labute approximate surface area is 125 Å². The van der Waals surface area contributed by atoms with Gasteiger partial charge in [-0.3, -0.25) is 0 Å². The van der Waals surface area contributed by atoms with E-state index in [1.165, 1.54) is 0 Å². The van der Waals surface area contributed by atoms with Crippen molar-refractivity contribution < 1.29 is 4.74 Å². The zero-order valence-electron chi connectivity index (χ0n) is 13.0. The van der Waals surface area contributed by atoms with Crippen LogP contribution in [0.4, 0.5) is 11.9 Å². The fraction of sp³-hybridized carbons (Fsp3) is 0.769. The lowest BCUT2D eigenvalue weighted by Gasteiger charge is -2.24. The maximum atomic E-state index is 5.54. The van der Waals surface area contributed by atoms with Crippen LogP contribution < -0.4 is 15.0 Å². The van der Waals surface area contributed by atoms with E-state index in [0.29, 0.717) is 30.6 Å². The number of anilines is 2. The van der Waals surface area contributed by atoms with Gasteiger partial charge in [0, 0.05) is 25.4 Å². The number of hydrogen-bond acceptors (Lipinski definition) is 7. The lowest BCUT2D eigenvalue weighted by molar-refractivity contribution is 0.292. The molecule has 0 aliphatic carbocycles. The van der Waals surface area contributed by atoms with Gasteiger partial charge in [-0.2, -0.15) is 26.7 Å². The summed E-state index contributed by atoms with van der Waals surface area (Å²) in [6, 6.07) is 0.733. The molecule has 0 spiro atoms.